The van der Waals surface area contributed by atoms with E-state index in [4.69, 9.17) is 4.99 Å². The molecule has 1 aliphatic heterocycles. The van der Waals surface area contributed by atoms with Crippen molar-refractivity contribution in [1.29, 1.82) is 0 Å². The third kappa shape index (κ3) is 3.26. The molecule has 134 valence electrons. The zero-order valence-corrected chi connectivity index (χ0v) is 16.5. The van der Waals surface area contributed by atoms with Gasteiger partial charge in [0.1, 0.15) is 0 Å². The molecule has 0 saturated carbocycles. The lowest BCUT2D eigenvalue weighted by Gasteiger charge is -2.46. The molecule has 0 bridgehead atoms. The molecule has 2 aliphatic rings. The van der Waals surface area contributed by atoms with Crippen LogP contribution in [0.1, 0.15) is 59.4 Å². The summed E-state index contributed by atoms with van der Waals surface area (Å²) < 4.78 is 0. The summed E-state index contributed by atoms with van der Waals surface area (Å²) in [7, 11) is 0. The van der Waals surface area contributed by atoms with Crippen molar-refractivity contribution in [3.8, 4) is 0 Å². The molecule has 25 heavy (non-hydrogen) atoms. The van der Waals surface area contributed by atoms with Gasteiger partial charge < -0.3 is 0 Å². The highest BCUT2D eigenvalue weighted by molar-refractivity contribution is 5.91. The van der Waals surface area contributed by atoms with Crippen LogP contribution in [0.2, 0.25) is 0 Å². The largest absolute Gasteiger partial charge is 0.294 e. The fraction of sp³-hybridized carbons (Fsp3) is 0.542. The Balaban J connectivity index is 2.10. The van der Waals surface area contributed by atoms with E-state index in [1.807, 2.05) is 0 Å². The molecule has 0 unspecified atom stereocenters. The quantitative estimate of drug-likeness (QED) is 0.542. The van der Waals surface area contributed by atoms with E-state index in [0.717, 1.165) is 18.9 Å². The Morgan fingerprint density at radius 3 is 2.48 bits per heavy atom. The lowest BCUT2D eigenvalue weighted by atomic mass is 9.58. The lowest BCUT2D eigenvalue weighted by Crippen LogP contribution is -2.41. The first-order chi connectivity index (χ1) is 12.0. The number of hydrogen-bond donors (Lipinski definition) is 0. The Hall–Kier alpha value is -1.63. The number of benzene rings is 1. The van der Waals surface area contributed by atoms with Gasteiger partial charge >= 0.3 is 0 Å². The van der Waals surface area contributed by atoms with Crippen molar-refractivity contribution in [1.82, 2.24) is 0 Å². The third-order valence-corrected chi connectivity index (χ3v) is 6.86. The van der Waals surface area contributed by atoms with Crippen molar-refractivity contribution in [2.75, 3.05) is 6.54 Å². The maximum absolute atomic E-state index is 5.06. The van der Waals surface area contributed by atoms with Crippen LogP contribution in [0.25, 0.3) is 5.57 Å². The molecule has 0 amide bonds. The Bertz CT molecular complexity index is 694. The Morgan fingerprint density at radius 1 is 1.08 bits per heavy atom. The Kier molecular flexibility index (Phi) is 5.32. The number of allylic oxidation sites excluding steroid dienone is 4. The predicted octanol–water partition coefficient (Wildman–Crippen LogP) is 6.57. The summed E-state index contributed by atoms with van der Waals surface area (Å²) >= 11 is 0. The average molecular weight is 336 g/mol. The average Bonchev–Trinajstić information content (AvgIpc) is 2.72. The monoisotopic (exact) mass is 335 g/mol. The summed E-state index contributed by atoms with van der Waals surface area (Å²) in [6.45, 7) is 12.6. The van der Waals surface area contributed by atoms with E-state index in [1.54, 1.807) is 11.1 Å². The molecular formula is C24H33N. The SMILES string of the molecule is C/C=C/[C@H]1C(C)=C(c2ccccc2)CC[C@@]12C[C@H](C)[C@@H](C)CN=C2C. The van der Waals surface area contributed by atoms with Gasteiger partial charge in [-0.1, -0.05) is 61.9 Å². The Labute approximate surface area is 154 Å². The zero-order chi connectivity index (χ0) is 18.0. The number of nitrogens with zero attached hydrogens (tertiary/aromatic N) is 1. The lowest BCUT2D eigenvalue weighted by molar-refractivity contribution is 0.218. The van der Waals surface area contributed by atoms with Gasteiger partial charge in [0.2, 0.25) is 0 Å². The smallest absolute Gasteiger partial charge is 0.0416 e. The van der Waals surface area contributed by atoms with Crippen molar-refractivity contribution >= 4 is 11.3 Å². The number of hydrogen-bond acceptors (Lipinski definition) is 1. The van der Waals surface area contributed by atoms with Gasteiger partial charge in [0.25, 0.3) is 0 Å². The second-order valence-electron chi connectivity index (χ2n) is 8.27. The minimum Gasteiger partial charge on any atom is -0.294 e. The second-order valence-corrected chi connectivity index (χ2v) is 8.27. The molecule has 0 fully saturated rings. The van der Waals surface area contributed by atoms with Crippen LogP contribution < -0.4 is 0 Å². The fourth-order valence-electron chi connectivity index (χ4n) is 5.01. The van der Waals surface area contributed by atoms with Gasteiger partial charge in [-0.15, -0.1) is 0 Å². The highest BCUT2D eigenvalue weighted by Gasteiger charge is 2.46. The molecule has 4 atom stereocenters. The molecule has 0 N–H and O–H groups in total. The topological polar surface area (TPSA) is 12.4 Å². The van der Waals surface area contributed by atoms with Gasteiger partial charge in [0.15, 0.2) is 0 Å². The number of rotatable bonds is 2. The first-order valence-electron chi connectivity index (χ1n) is 9.89. The van der Waals surface area contributed by atoms with Crippen molar-refractivity contribution in [2.24, 2.45) is 28.2 Å². The molecule has 3 rings (SSSR count). The molecule has 1 aromatic carbocycles. The molecule has 1 aliphatic carbocycles. The van der Waals surface area contributed by atoms with Gasteiger partial charge in [-0.05, 0) is 63.0 Å². The maximum Gasteiger partial charge on any atom is 0.0416 e. The van der Waals surface area contributed by atoms with Gasteiger partial charge in [-0.25, -0.2) is 0 Å². The zero-order valence-electron chi connectivity index (χ0n) is 16.5. The van der Waals surface area contributed by atoms with E-state index in [1.165, 1.54) is 24.1 Å². The van der Waals surface area contributed by atoms with Crippen molar-refractivity contribution < 1.29 is 0 Å². The van der Waals surface area contributed by atoms with Crippen molar-refractivity contribution in [3.05, 3.63) is 53.6 Å². The highest BCUT2D eigenvalue weighted by Crippen LogP contribution is 2.53. The molecule has 1 spiro atoms. The summed E-state index contributed by atoms with van der Waals surface area (Å²) in [5, 5.41) is 0. The molecule has 0 aromatic heterocycles. The highest BCUT2D eigenvalue weighted by atomic mass is 14.8. The maximum atomic E-state index is 5.06. The van der Waals surface area contributed by atoms with E-state index in [9.17, 15) is 0 Å². The second kappa shape index (κ2) is 7.32. The van der Waals surface area contributed by atoms with Crippen LogP contribution in [0.5, 0.6) is 0 Å². The minimum atomic E-state index is 0.207. The summed E-state index contributed by atoms with van der Waals surface area (Å²) in [6.07, 6.45) is 8.33. The predicted molar refractivity (Wildman–Crippen MR) is 110 cm³/mol. The van der Waals surface area contributed by atoms with Crippen LogP contribution in [0.4, 0.5) is 0 Å². The van der Waals surface area contributed by atoms with E-state index >= 15 is 0 Å². The molecule has 1 nitrogen and oxygen atoms in total. The standard InChI is InChI=1S/C24H33N/c1-6-10-23-19(4)22(21-11-8-7-9-12-21)13-14-24(23)15-17(2)18(3)16-25-20(24)5/h6-12,17-18,23H,13-16H2,1-5H3/b10-6+/t17-,18-,23-,24-/m0/s1. The van der Waals surface area contributed by atoms with E-state index in [0.29, 0.717) is 11.8 Å². The molecule has 0 saturated heterocycles. The molecule has 1 aromatic rings. The van der Waals surface area contributed by atoms with Crippen LogP contribution in [-0.2, 0) is 0 Å². The van der Waals surface area contributed by atoms with Crippen LogP contribution in [0.15, 0.2) is 53.0 Å². The molecule has 0 radical (unpaired) electrons. The van der Waals surface area contributed by atoms with Crippen LogP contribution in [0, 0.1) is 23.2 Å². The van der Waals surface area contributed by atoms with Crippen molar-refractivity contribution in [2.45, 2.75) is 53.9 Å². The van der Waals surface area contributed by atoms with Crippen LogP contribution in [0.3, 0.4) is 0 Å². The third-order valence-electron chi connectivity index (χ3n) is 6.86. The van der Waals surface area contributed by atoms with Crippen LogP contribution in [-0.4, -0.2) is 12.3 Å². The van der Waals surface area contributed by atoms with Gasteiger partial charge in [-0.3, -0.25) is 4.99 Å². The van der Waals surface area contributed by atoms with Gasteiger partial charge in [0.05, 0.1) is 0 Å². The number of aliphatic imine (C=N–C) groups is 1. The summed E-state index contributed by atoms with van der Waals surface area (Å²) in [5.74, 6) is 1.87. The minimum absolute atomic E-state index is 0.207. The first kappa shape index (κ1) is 18.2. The van der Waals surface area contributed by atoms with E-state index < -0.39 is 0 Å². The van der Waals surface area contributed by atoms with Gasteiger partial charge in [0, 0.05) is 23.6 Å². The van der Waals surface area contributed by atoms with Crippen molar-refractivity contribution in [3.63, 3.8) is 0 Å². The van der Waals surface area contributed by atoms with E-state index in [-0.39, 0.29) is 5.41 Å². The molecular weight excluding hydrogens is 302 g/mol. The Morgan fingerprint density at radius 2 is 1.80 bits per heavy atom. The molecule has 1 heteroatoms. The normalized spacial score (nSPS) is 33.6. The van der Waals surface area contributed by atoms with Gasteiger partial charge in [-0.2, -0.15) is 0 Å². The summed E-state index contributed by atoms with van der Waals surface area (Å²) in [5.41, 5.74) is 6.09. The molecule has 1 heterocycles. The van der Waals surface area contributed by atoms with Crippen LogP contribution >= 0.6 is 0 Å². The first-order valence-corrected chi connectivity index (χ1v) is 9.89. The fourth-order valence-corrected chi connectivity index (χ4v) is 5.01. The summed E-state index contributed by atoms with van der Waals surface area (Å²) in [4.78, 5) is 5.06. The van der Waals surface area contributed by atoms with E-state index in [2.05, 4.69) is 77.1 Å². The summed E-state index contributed by atoms with van der Waals surface area (Å²) in [6, 6.07) is 11.0.